The summed E-state index contributed by atoms with van der Waals surface area (Å²) in [6.45, 7) is 1.80. The Balaban J connectivity index is 1.47. The summed E-state index contributed by atoms with van der Waals surface area (Å²) in [7, 11) is 3.25. The lowest BCUT2D eigenvalue weighted by Gasteiger charge is -2.12. The molecule has 6 rings (SSSR count). The number of nitrogens with zero attached hydrogens (tertiary/aromatic N) is 5. The second-order valence-electron chi connectivity index (χ2n) is 9.01. The standard InChI is InChI=1S/C27H27N5O4/c1-34-21-10-9-17(14-22(21)35-2)11-12-32-25-23(24-26(32)30-20-8-4-3-7-19(20)29-24)27(33)31(16-28-25)15-18-6-5-13-36-18/h3-4,7-10,14,16,18H,5-6,11-13,15H2,1-2H3. The van der Waals surface area contributed by atoms with Crippen molar-refractivity contribution < 1.29 is 14.2 Å². The Morgan fingerprint density at radius 2 is 1.83 bits per heavy atom. The Morgan fingerprint density at radius 3 is 2.58 bits per heavy atom. The van der Waals surface area contributed by atoms with Crippen LogP contribution in [0.25, 0.3) is 33.2 Å². The zero-order chi connectivity index (χ0) is 24.6. The number of benzene rings is 2. The highest BCUT2D eigenvalue weighted by molar-refractivity contribution is 6.04. The first-order valence-corrected chi connectivity index (χ1v) is 12.1. The van der Waals surface area contributed by atoms with Gasteiger partial charge in [0.1, 0.15) is 10.9 Å². The number of ether oxygens (including phenoxy) is 3. The van der Waals surface area contributed by atoms with Gasteiger partial charge in [0.15, 0.2) is 22.8 Å². The highest BCUT2D eigenvalue weighted by Crippen LogP contribution is 2.29. The smallest absolute Gasteiger partial charge is 0.265 e. The summed E-state index contributed by atoms with van der Waals surface area (Å²) in [5, 5.41) is 0.496. The van der Waals surface area contributed by atoms with Crippen LogP contribution in [0.15, 0.2) is 53.6 Å². The van der Waals surface area contributed by atoms with Crippen molar-refractivity contribution >= 4 is 33.2 Å². The molecule has 1 aliphatic rings. The molecule has 9 nitrogen and oxygen atoms in total. The molecule has 0 saturated carbocycles. The molecule has 1 fully saturated rings. The molecular weight excluding hydrogens is 458 g/mol. The van der Waals surface area contributed by atoms with Crippen LogP contribution in [0.4, 0.5) is 0 Å². The van der Waals surface area contributed by atoms with Crippen LogP contribution in [0.2, 0.25) is 0 Å². The van der Waals surface area contributed by atoms with Crippen LogP contribution in [0, 0.1) is 0 Å². The monoisotopic (exact) mass is 485 g/mol. The Labute approximate surface area is 207 Å². The van der Waals surface area contributed by atoms with Crippen molar-refractivity contribution in [2.24, 2.45) is 0 Å². The van der Waals surface area contributed by atoms with Gasteiger partial charge in [-0.2, -0.15) is 0 Å². The second kappa shape index (κ2) is 9.23. The maximum atomic E-state index is 13.7. The summed E-state index contributed by atoms with van der Waals surface area (Å²) in [6, 6.07) is 13.6. The quantitative estimate of drug-likeness (QED) is 0.347. The minimum Gasteiger partial charge on any atom is -0.493 e. The van der Waals surface area contributed by atoms with Gasteiger partial charge in [-0.1, -0.05) is 18.2 Å². The maximum Gasteiger partial charge on any atom is 0.265 e. The molecule has 0 spiro atoms. The molecule has 5 aromatic rings. The van der Waals surface area contributed by atoms with Gasteiger partial charge in [-0.15, -0.1) is 0 Å². The fraction of sp³-hybridized carbons (Fsp3) is 0.333. The van der Waals surface area contributed by atoms with E-state index in [9.17, 15) is 4.79 Å². The topological polar surface area (TPSA) is 93.3 Å². The number of aryl methyl sites for hydroxylation is 2. The van der Waals surface area contributed by atoms with Crippen LogP contribution in [-0.4, -0.2) is 51.0 Å². The predicted octanol–water partition coefficient (Wildman–Crippen LogP) is 3.73. The largest absolute Gasteiger partial charge is 0.493 e. The summed E-state index contributed by atoms with van der Waals surface area (Å²) >= 11 is 0. The average molecular weight is 486 g/mol. The molecule has 0 radical (unpaired) electrons. The molecule has 184 valence electrons. The number of methoxy groups -OCH3 is 2. The second-order valence-corrected chi connectivity index (χ2v) is 9.01. The van der Waals surface area contributed by atoms with E-state index in [2.05, 4.69) is 0 Å². The van der Waals surface area contributed by atoms with Gasteiger partial charge in [0.25, 0.3) is 5.56 Å². The minimum atomic E-state index is -0.116. The van der Waals surface area contributed by atoms with Crippen LogP contribution in [0.1, 0.15) is 18.4 Å². The number of rotatable bonds is 7. The molecule has 36 heavy (non-hydrogen) atoms. The average Bonchev–Trinajstić information content (AvgIpc) is 3.53. The third-order valence-electron chi connectivity index (χ3n) is 6.81. The summed E-state index contributed by atoms with van der Waals surface area (Å²) < 4.78 is 20.2. The van der Waals surface area contributed by atoms with E-state index in [4.69, 9.17) is 29.2 Å². The van der Waals surface area contributed by atoms with Crippen molar-refractivity contribution in [3.05, 3.63) is 64.7 Å². The van der Waals surface area contributed by atoms with Crippen molar-refractivity contribution in [1.29, 1.82) is 0 Å². The molecule has 0 amide bonds. The number of aromatic nitrogens is 5. The van der Waals surface area contributed by atoms with Crippen molar-refractivity contribution in [1.82, 2.24) is 24.1 Å². The van der Waals surface area contributed by atoms with E-state index < -0.39 is 0 Å². The van der Waals surface area contributed by atoms with Gasteiger partial charge in [-0.05, 0) is 49.1 Å². The first-order chi connectivity index (χ1) is 17.7. The lowest BCUT2D eigenvalue weighted by atomic mass is 10.1. The number of para-hydroxylation sites is 2. The van der Waals surface area contributed by atoms with E-state index in [1.165, 1.54) is 0 Å². The highest BCUT2D eigenvalue weighted by atomic mass is 16.5. The molecule has 0 bridgehead atoms. The van der Waals surface area contributed by atoms with E-state index >= 15 is 0 Å². The molecule has 0 aliphatic carbocycles. The summed E-state index contributed by atoms with van der Waals surface area (Å²) in [6.07, 6.45) is 4.31. The first kappa shape index (κ1) is 22.5. The molecule has 1 aliphatic heterocycles. The van der Waals surface area contributed by atoms with E-state index in [1.807, 2.05) is 47.0 Å². The van der Waals surface area contributed by atoms with Gasteiger partial charge in [0, 0.05) is 13.2 Å². The fourth-order valence-corrected chi connectivity index (χ4v) is 4.97. The maximum absolute atomic E-state index is 13.7. The molecule has 3 aromatic heterocycles. The van der Waals surface area contributed by atoms with Gasteiger partial charge in [-0.3, -0.25) is 9.36 Å². The number of hydrogen-bond acceptors (Lipinski definition) is 7. The van der Waals surface area contributed by atoms with Crippen LogP contribution in [0.5, 0.6) is 11.5 Å². The molecule has 4 heterocycles. The molecule has 2 aromatic carbocycles. The van der Waals surface area contributed by atoms with E-state index in [0.29, 0.717) is 53.2 Å². The van der Waals surface area contributed by atoms with Gasteiger partial charge < -0.3 is 18.8 Å². The third-order valence-corrected chi connectivity index (χ3v) is 6.81. The normalized spacial score (nSPS) is 15.8. The van der Waals surface area contributed by atoms with Crippen LogP contribution in [-0.2, 0) is 24.2 Å². The number of hydrogen-bond donors (Lipinski definition) is 0. The van der Waals surface area contributed by atoms with Crippen molar-refractivity contribution in [3.63, 3.8) is 0 Å². The molecule has 1 unspecified atom stereocenters. The van der Waals surface area contributed by atoms with Crippen LogP contribution in [0.3, 0.4) is 0 Å². The molecule has 9 heteroatoms. The summed E-state index contributed by atoms with van der Waals surface area (Å²) in [5.41, 5.74) is 4.31. The summed E-state index contributed by atoms with van der Waals surface area (Å²) in [5.74, 6) is 1.36. The fourth-order valence-electron chi connectivity index (χ4n) is 4.97. The zero-order valence-electron chi connectivity index (χ0n) is 20.3. The third kappa shape index (κ3) is 3.85. The van der Waals surface area contributed by atoms with Crippen LogP contribution >= 0.6 is 0 Å². The van der Waals surface area contributed by atoms with Crippen LogP contribution < -0.4 is 15.0 Å². The van der Waals surface area contributed by atoms with Crippen molar-refractivity contribution in [3.8, 4) is 11.5 Å². The Hall–Kier alpha value is -3.98. The van der Waals surface area contributed by atoms with Crippen molar-refractivity contribution in [2.75, 3.05) is 20.8 Å². The first-order valence-electron chi connectivity index (χ1n) is 12.1. The van der Waals surface area contributed by atoms with Crippen molar-refractivity contribution in [2.45, 2.75) is 38.5 Å². The van der Waals surface area contributed by atoms with Gasteiger partial charge >= 0.3 is 0 Å². The van der Waals surface area contributed by atoms with Gasteiger partial charge in [0.05, 0.1) is 44.2 Å². The van der Waals surface area contributed by atoms with E-state index in [0.717, 1.165) is 36.0 Å². The zero-order valence-corrected chi connectivity index (χ0v) is 20.3. The lowest BCUT2D eigenvalue weighted by molar-refractivity contribution is 0.0960. The van der Waals surface area contributed by atoms with E-state index in [-0.39, 0.29) is 11.7 Å². The molecule has 1 saturated heterocycles. The highest BCUT2D eigenvalue weighted by Gasteiger charge is 2.22. The Morgan fingerprint density at radius 1 is 1.03 bits per heavy atom. The number of fused-ring (bicyclic) bond motifs is 4. The molecule has 1 atom stereocenters. The van der Waals surface area contributed by atoms with Gasteiger partial charge in [-0.25, -0.2) is 15.0 Å². The van der Waals surface area contributed by atoms with Gasteiger partial charge in [0.2, 0.25) is 0 Å². The SMILES string of the molecule is COc1ccc(CCn2c3nc4ccccc4nc3c3c(=O)n(CC4CCCO4)cnc32)cc1OC. The Kier molecular flexibility index (Phi) is 5.77. The molecule has 0 N–H and O–H groups in total. The summed E-state index contributed by atoms with van der Waals surface area (Å²) in [4.78, 5) is 28.2. The minimum absolute atomic E-state index is 0.0345. The predicted molar refractivity (Wildman–Crippen MR) is 137 cm³/mol. The molecular formula is C27H27N5O4. The lowest BCUT2D eigenvalue weighted by Crippen LogP contribution is -2.26. The van der Waals surface area contributed by atoms with E-state index in [1.54, 1.807) is 25.1 Å². The Bertz CT molecular complexity index is 1630.